The van der Waals surface area contributed by atoms with Crippen LogP contribution in [0.4, 0.5) is 9.39 Å². The monoisotopic (exact) mass is 450 g/mol. The first kappa shape index (κ1) is 21.5. The summed E-state index contributed by atoms with van der Waals surface area (Å²) in [5.41, 5.74) is 1.47. The molecule has 0 atom stereocenters. The highest BCUT2D eigenvalue weighted by Gasteiger charge is 2.23. The van der Waals surface area contributed by atoms with Gasteiger partial charge in [0.2, 0.25) is 5.91 Å². The molecule has 2 heterocycles. The Bertz CT molecular complexity index is 1360. The molecule has 4 aromatic rings. The minimum atomic E-state index is -0.595. The van der Waals surface area contributed by atoms with Crippen molar-refractivity contribution < 1.29 is 18.7 Å². The van der Waals surface area contributed by atoms with Crippen LogP contribution in [0.2, 0.25) is 0 Å². The Kier molecular flexibility index (Phi) is 6.13. The molecule has 1 N–H and O–H groups in total. The molecule has 1 amide bonds. The van der Waals surface area contributed by atoms with E-state index in [2.05, 4.69) is 5.32 Å². The average Bonchev–Trinajstić information content (AvgIpc) is 3.20. The first-order valence-electron chi connectivity index (χ1n) is 9.91. The van der Waals surface area contributed by atoms with Crippen LogP contribution < -0.4 is 10.7 Å². The van der Waals surface area contributed by atoms with Crippen LogP contribution >= 0.6 is 11.3 Å². The first-order valence-corrected chi connectivity index (χ1v) is 10.8. The number of aromatic nitrogens is 1. The van der Waals surface area contributed by atoms with Gasteiger partial charge in [-0.2, -0.15) is 0 Å². The number of amides is 1. The molecule has 6 nitrogen and oxygen atoms in total. The van der Waals surface area contributed by atoms with Crippen molar-refractivity contribution in [3.63, 3.8) is 0 Å². The molecule has 2 aromatic carbocycles. The summed E-state index contributed by atoms with van der Waals surface area (Å²) >= 11 is 1.21. The molecule has 0 aliphatic carbocycles. The normalized spacial score (nSPS) is 10.8. The van der Waals surface area contributed by atoms with Crippen LogP contribution in [0.1, 0.15) is 17.3 Å². The summed E-state index contributed by atoms with van der Waals surface area (Å²) in [5.74, 6) is -1.60. The Hall–Kier alpha value is -3.78. The van der Waals surface area contributed by atoms with Gasteiger partial charge in [-0.15, -0.1) is 11.3 Å². The minimum Gasteiger partial charge on any atom is -0.462 e. The molecular formula is C24H19FN2O4S. The van der Waals surface area contributed by atoms with Gasteiger partial charge < -0.3 is 14.6 Å². The van der Waals surface area contributed by atoms with E-state index < -0.39 is 17.7 Å². The third kappa shape index (κ3) is 4.17. The third-order valence-electron chi connectivity index (χ3n) is 4.87. The zero-order valence-corrected chi connectivity index (χ0v) is 17.9. The van der Waals surface area contributed by atoms with E-state index in [0.717, 1.165) is 5.56 Å². The molecule has 32 heavy (non-hydrogen) atoms. The fourth-order valence-corrected chi connectivity index (χ4v) is 4.44. The van der Waals surface area contributed by atoms with E-state index in [1.54, 1.807) is 12.3 Å². The molecule has 0 fully saturated rings. The lowest BCUT2D eigenvalue weighted by molar-refractivity contribution is -0.116. The van der Waals surface area contributed by atoms with Crippen LogP contribution in [0.25, 0.3) is 22.0 Å². The number of halogens is 1. The number of ether oxygens (including phenoxy) is 1. The van der Waals surface area contributed by atoms with Crippen molar-refractivity contribution in [2.45, 2.75) is 13.5 Å². The summed E-state index contributed by atoms with van der Waals surface area (Å²) in [7, 11) is 0. The van der Waals surface area contributed by atoms with Crippen molar-refractivity contribution in [1.29, 1.82) is 0 Å². The molecule has 0 radical (unpaired) electrons. The number of carbonyl (C=O) groups is 2. The topological polar surface area (TPSA) is 77.4 Å². The lowest BCUT2D eigenvalue weighted by Crippen LogP contribution is -2.21. The zero-order chi connectivity index (χ0) is 22.7. The molecule has 0 spiro atoms. The van der Waals surface area contributed by atoms with E-state index in [4.69, 9.17) is 4.74 Å². The summed E-state index contributed by atoms with van der Waals surface area (Å²) in [6.45, 7) is 1.66. The summed E-state index contributed by atoms with van der Waals surface area (Å²) in [6.07, 6.45) is 1.38. The maximum absolute atomic E-state index is 14.4. The first-order chi connectivity index (χ1) is 15.5. The molecule has 8 heteroatoms. The van der Waals surface area contributed by atoms with Crippen LogP contribution in [-0.4, -0.2) is 23.1 Å². The lowest BCUT2D eigenvalue weighted by atomic mass is 10.0. The molecule has 0 saturated carbocycles. The van der Waals surface area contributed by atoms with Gasteiger partial charge in [-0.25, -0.2) is 9.18 Å². The van der Waals surface area contributed by atoms with E-state index in [9.17, 15) is 18.8 Å². The molecule has 0 saturated heterocycles. The number of fused-ring (bicyclic) bond motifs is 1. The van der Waals surface area contributed by atoms with E-state index >= 15 is 0 Å². The van der Waals surface area contributed by atoms with Crippen LogP contribution in [0.5, 0.6) is 0 Å². The molecule has 0 aliphatic heterocycles. The molecule has 0 unspecified atom stereocenters. The van der Waals surface area contributed by atoms with Gasteiger partial charge in [-0.3, -0.25) is 9.59 Å². The third-order valence-corrected chi connectivity index (χ3v) is 5.76. The Labute approximate surface area is 186 Å². The highest BCUT2D eigenvalue weighted by molar-refractivity contribution is 7.15. The maximum atomic E-state index is 14.4. The minimum absolute atomic E-state index is 0.0527. The largest absolute Gasteiger partial charge is 0.462 e. The molecule has 2 aromatic heterocycles. The van der Waals surface area contributed by atoms with Gasteiger partial charge in [0.15, 0.2) is 5.43 Å². The fourth-order valence-electron chi connectivity index (χ4n) is 3.47. The summed E-state index contributed by atoms with van der Waals surface area (Å²) in [5, 5.41) is 5.06. The van der Waals surface area contributed by atoms with Crippen molar-refractivity contribution in [3.8, 4) is 11.1 Å². The van der Waals surface area contributed by atoms with Crippen LogP contribution in [-0.2, 0) is 16.1 Å². The van der Waals surface area contributed by atoms with Gasteiger partial charge in [0.25, 0.3) is 0 Å². The van der Waals surface area contributed by atoms with Crippen molar-refractivity contribution >= 4 is 39.1 Å². The highest BCUT2D eigenvalue weighted by atomic mass is 32.1. The number of thiophene rings is 1. The van der Waals surface area contributed by atoms with Gasteiger partial charge in [0, 0.05) is 28.6 Å². The van der Waals surface area contributed by atoms with Gasteiger partial charge in [0.05, 0.1) is 12.1 Å². The van der Waals surface area contributed by atoms with E-state index in [1.807, 2.05) is 30.3 Å². The molecule has 0 bridgehead atoms. The molecule has 0 aliphatic rings. The number of rotatable bonds is 6. The van der Waals surface area contributed by atoms with E-state index in [-0.39, 0.29) is 35.0 Å². The second-order valence-electron chi connectivity index (χ2n) is 6.93. The van der Waals surface area contributed by atoms with E-state index in [1.165, 1.54) is 46.4 Å². The van der Waals surface area contributed by atoms with Crippen LogP contribution in [0.3, 0.4) is 0 Å². The fraction of sp³-hybridized carbons (Fsp3) is 0.125. The number of pyridine rings is 1. The Morgan fingerprint density at radius 1 is 1.09 bits per heavy atom. The van der Waals surface area contributed by atoms with E-state index in [0.29, 0.717) is 10.6 Å². The Morgan fingerprint density at radius 3 is 2.62 bits per heavy atom. The molecular weight excluding hydrogens is 431 g/mol. The van der Waals surface area contributed by atoms with Crippen molar-refractivity contribution in [2.24, 2.45) is 0 Å². The second-order valence-corrected chi connectivity index (χ2v) is 7.81. The summed E-state index contributed by atoms with van der Waals surface area (Å²) in [4.78, 5) is 37.5. The number of nitrogens with zero attached hydrogens (tertiary/aromatic N) is 1. The summed E-state index contributed by atoms with van der Waals surface area (Å²) < 4.78 is 21.0. The Morgan fingerprint density at radius 2 is 1.88 bits per heavy atom. The lowest BCUT2D eigenvalue weighted by Gasteiger charge is -2.12. The van der Waals surface area contributed by atoms with Gasteiger partial charge in [-0.1, -0.05) is 36.4 Å². The SMILES string of the molecule is CCOC(=O)c1c(-c2ccccc2)csc1NC(=O)Cn1ccc(=O)c2cccc(F)c21. The Balaban J connectivity index is 1.67. The number of esters is 1. The average molecular weight is 450 g/mol. The quantitative estimate of drug-likeness (QED) is 0.433. The predicted octanol–water partition coefficient (Wildman–Crippen LogP) is 4.68. The second kappa shape index (κ2) is 9.15. The van der Waals surface area contributed by atoms with Crippen LogP contribution in [0, 0.1) is 5.82 Å². The summed E-state index contributed by atoms with van der Waals surface area (Å²) in [6, 6.07) is 14.8. The number of nitrogens with one attached hydrogen (secondary N) is 1. The highest BCUT2D eigenvalue weighted by Crippen LogP contribution is 2.36. The number of hydrogen-bond acceptors (Lipinski definition) is 5. The maximum Gasteiger partial charge on any atom is 0.341 e. The van der Waals surface area contributed by atoms with Gasteiger partial charge >= 0.3 is 5.97 Å². The number of anilines is 1. The number of para-hydroxylation sites is 1. The number of benzene rings is 2. The standard InChI is InChI=1S/C24H19FN2O4S/c1-2-31-24(30)21-17(15-7-4-3-5-8-15)14-32-23(21)26-20(29)13-27-12-11-19(28)16-9-6-10-18(25)22(16)27/h3-12,14H,2,13H2,1H3,(H,26,29). The van der Waals surface area contributed by atoms with Crippen LogP contribution in [0.15, 0.2) is 71.0 Å². The number of carbonyl (C=O) groups excluding carboxylic acids is 2. The molecule has 4 rings (SSSR count). The van der Waals surface area contributed by atoms with Crippen molar-refractivity contribution in [2.75, 3.05) is 11.9 Å². The zero-order valence-electron chi connectivity index (χ0n) is 17.1. The smallest absolute Gasteiger partial charge is 0.341 e. The van der Waals surface area contributed by atoms with Crippen molar-refractivity contribution in [3.05, 3.63) is 87.8 Å². The number of hydrogen-bond donors (Lipinski definition) is 1. The predicted molar refractivity (Wildman–Crippen MR) is 123 cm³/mol. The van der Waals surface area contributed by atoms with Gasteiger partial charge in [-0.05, 0) is 24.6 Å². The molecule has 162 valence electrons. The van der Waals surface area contributed by atoms with Crippen molar-refractivity contribution in [1.82, 2.24) is 4.57 Å². The van der Waals surface area contributed by atoms with Gasteiger partial charge in [0.1, 0.15) is 22.9 Å².